The van der Waals surface area contributed by atoms with Gasteiger partial charge >= 0.3 is 5.97 Å². The Balaban J connectivity index is 2.18. The van der Waals surface area contributed by atoms with E-state index < -0.39 is 11.9 Å². The minimum absolute atomic E-state index is 0.00272. The van der Waals surface area contributed by atoms with Crippen LogP contribution in [0.3, 0.4) is 0 Å². The predicted octanol–water partition coefficient (Wildman–Crippen LogP) is 1.55. The number of nitrogens with one attached hydrogen (secondary N) is 1. The maximum absolute atomic E-state index is 12.5. The molecule has 1 aliphatic rings. The van der Waals surface area contributed by atoms with Crippen LogP contribution in [0.5, 0.6) is 0 Å². The number of carbonyl (C=O) groups excluding carboxylic acids is 1. The van der Waals surface area contributed by atoms with Crippen LogP contribution in [-0.4, -0.2) is 47.0 Å². The predicted molar refractivity (Wildman–Crippen MR) is 79.1 cm³/mol. The quantitative estimate of drug-likeness (QED) is 0.879. The molecule has 0 aromatic carbocycles. The van der Waals surface area contributed by atoms with Crippen LogP contribution < -0.4 is 5.32 Å². The van der Waals surface area contributed by atoms with Gasteiger partial charge in [-0.3, -0.25) is 9.59 Å². The van der Waals surface area contributed by atoms with Crippen molar-refractivity contribution in [2.24, 2.45) is 17.8 Å². The number of hydrogen-bond acceptors (Lipinski definition) is 4. The van der Waals surface area contributed by atoms with Crippen LogP contribution >= 0.6 is 0 Å². The molecular weight excluding hydrogens is 270 g/mol. The Bertz CT molecular complexity index is 545. The molecule has 2 rings (SSSR count). The number of likely N-dealkylation sites (tertiary alicyclic amines) is 1. The summed E-state index contributed by atoms with van der Waals surface area (Å²) in [6.07, 6.45) is 1.57. The van der Waals surface area contributed by atoms with Crippen LogP contribution in [-0.2, 0) is 4.79 Å². The second-order valence-electron chi connectivity index (χ2n) is 5.74. The SMILES string of the molecule is CNc1cc(C(=O)N2C[C@@H](C(=O)O)[C@H](C(C)C)C2)ccn1. The van der Waals surface area contributed by atoms with Crippen LogP contribution in [0.1, 0.15) is 24.2 Å². The summed E-state index contributed by atoms with van der Waals surface area (Å²) in [7, 11) is 1.74. The maximum atomic E-state index is 12.5. The summed E-state index contributed by atoms with van der Waals surface area (Å²) in [5.74, 6) is -0.598. The lowest BCUT2D eigenvalue weighted by molar-refractivity contribution is -0.142. The summed E-state index contributed by atoms with van der Waals surface area (Å²) in [4.78, 5) is 29.6. The van der Waals surface area contributed by atoms with E-state index in [4.69, 9.17) is 0 Å². The van der Waals surface area contributed by atoms with Crippen molar-refractivity contribution in [3.05, 3.63) is 23.9 Å². The summed E-state index contributed by atoms with van der Waals surface area (Å²) >= 11 is 0. The van der Waals surface area contributed by atoms with Crippen LogP contribution in [0, 0.1) is 17.8 Å². The van der Waals surface area contributed by atoms with Crippen LogP contribution in [0.2, 0.25) is 0 Å². The number of amides is 1. The molecule has 1 fully saturated rings. The second kappa shape index (κ2) is 6.11. The molecule has 1 amide bonds. The van der Waals surface area contributed by atoms with Crippen LogP contribution in [0.25, 0.3) is 0 Å². The number of nitrogens with zero attached hydrogens (tertiary/aromatic N) is 2. The number of aliphatic carboxylic acids is 1. The highest BCUT2D eigenvalue weighted by molar-refractivity contribution is 5.95. The highest BCUT2D eigenvalue weighted by Crippen LogP contribution is 2.30. The number of carbonyl (C=O) groups is 2. The molecule has 0 radical (unpaired) electrons. The van der Waals surface area contributed by atoms with Gasteiger partial charge in [-0.05, 0) is 24.0 Å². The molecule has 2 atom stereocenters. The smallest absolute Gasteiger partial charge is 0.308 e. The Kier molecular flexibility index (Phi) is 4.45. The molecule has 0 aliphatic carbocycles. The largest absolute Gasteiger partial charge is 0.481 e. The molecule has 2 heterocycles. The van der Waals surface area contributed by atoms with Crippen molar-refractivity contribution in [1.29, 1.82) is 0 Å². The molecule has 1 saturated heterocycles. The zero-order valence-corrected chi connectivity index (χ0v) is 12.5. The molecule has 1 aromatic rings. The van der Waals surface area contributed by atoms with Crippen molar-refractivity contribution >= 4 is 17.7 Å². The maximum Gasteiger partial charge on any atom is 0.308 e. The fourth-order valence-electron chi connectivity index (χ4n) is 2.81. The Labute approximate surface area is 124 Å². The van der Waals surface area contributed by atoms with Crippen LogP contribution in [0.4, 0.5) is 5.82 Å². The van der Waals surface area contributed by atoms with E-state index in [2.05, 4.69) is 10.3 Å². The van der Waals surface area contributed by atoms with Gasteiger partial charge in [-0.2, -0.15) is 0 Å². The Morgan fingerprint density at radius 3 is 2.67 bits per heavy atom. The van der Waals surface area contributed by atoms with Gasteiger partial charge in [-0.1, -0.05) is 13.8 Å². The summed E-state index contributed by atoms with van der Waals surface area (Å²) in [5, 5.41) is 12.2. The van der Waals surface area contributed by atoms with Crippen molar-refractivity contribution in [1.82, 2.24) is 9.88 Å². The van der Waals surface area contributed by atoms with E-state index in [1.165, 1.54) is 0 Å². The van der Waals surface area contributed by atoms with E-state index in [0.717, 1.165) is 0 Å². The van der Waals surface area contributed by atoms with Crippen molar-refractivity contribution in [3.63, 3.8) is 0 Å². The summed E-state index contributed by atoms with van der Waals surface area (Å²) in [5.41, 5.74) is 0.530. The third kappa shape index (κ3) is 3.15. The number of aromatic nitrogens is 1. The first-order valence-corrected chi connectivity index (χ1v) is 7.10. The average Bonchev–Trinajstić information content (AvgIpc) is 2.92. The fraction of sp³-hybridized carbons (Fsp3) is 0.533. The van der Waals surface area contributed by atoms with E-state index in [1.54, 1.807) is 30.3 Å². The summed E-state index contributed by atoms with van der Waals surface area (Å²) in [6, 6.07) is 3.34. The minimum atomic E-state index is -0.824. The topological polar surface area (TPSA) is 82.5 Å². The third-order valence-electron chi connectivity index (χ3n) is 4.09. The number of rotatable bonds is 4. The minimum Gasteiger partial charge on any atom is -0.481 e. The molecule has 2 N–H and O–H groups in total. The van der Waals surface area contributed by atoms with E-state index in [0.29, 0.717) is 17.9 Å². The Hall–Kier alpha value is -2.11. The van der Waals surface area contributed by atoms with E-state index in [-0.39, 0.29) is 24.3 Å². The molecule has 0 bridgehead atoms. The van der Waals surface area contributed by atoms with Crippen molar-refractivity contribution in [3.8, 4) is 0 Å². The average molecular weight is 291 g/mol. The molecule has 1 aromatic heterocycles. The van der Waals surface area contributed by atoms with Gasteiger partial charge in [0, 0.05) is 31.9 Å². The first-order valence-electron chi connectivity index (χ1n) is 7.10. The highest BCUT2D eigenvalue weighted by atomic mass is 16.4. The monoisotopic (exact) mass is 291 g/mol. The lowest BCUT2D eigenvalue weighted by Crippen LogP contribution is -2.30. The van der Waals surface area contributed by atoms with Gasteiger partial charge in [-0.15, -0.1) is 0 Å². The van der Waals surface area contributed by atoms with Gasteiger partial charge in [0.25, 0.3) is 5.91 Å². The number of hydrogen-bond donors (Lipinski definition) is 2. The normalized spacial score (nSPS) is 21.6. The molecule has 21 heavy (non-hydrogen) atoms. The lowest BCUT2D eigenvalue weighted by atomic mass is 9.86. The number of carboxylic acid groups (broad SMARTS) is 1. The van der Waals surface area contributed by atoms with Gasteiger partial charge in [-0.25, -0.2) is 4.98 Å². The van der Waals surface area contributed by atoms with Crippen molar-refractivity contribution in [2.75, 3.05) is 25.5 Å². The number of anilines is 1. The molecule has 6 heteroatoms. The van der Waals surface area contributed by atoms with Crippen molar-refractivity contribution in [2.45, 2.75) is 13.8 Å². The zero-order chi connectivity index (χ0) is 15.6. The van der Waals surface area contributed by atoms with Crippen LogP contribution in [0.15, 0.2) is 18.3 Å². The molecule has 1 aliphatic heterocycles. The summed E-state index contributed by atoms with van der Waals surface area (Å²) in [6.45, 7) is 4.76. The third-order valence-corrected chi connectivity index (χ3v) is 4.09. The first kappa shape index (κ1) is 15.3. The number of carboxylic acids is 1. The first-order chi connectivity index (χ1) is 9.93. The standard InChI is InChI=1S/C15H21N3O3/c1-9(2)11-7-18(8-12(11)15(20)21)14(19)10-4-5-17-13(6-10)16-3/h4-6,9,11-12H,7-8H2,1-3H3,(H,16,17)(H,20,21)/t11-,12+/m0/s1. The zero-order valence-electron chi connectivity index (χ0n) is 12.5. The molecule has 6 nitrogen and oxygen atoms in total. The molecular formula is C15H21N3O3. The summed E-state index contributed by atoms with van der Waals surface area (Å²) < 4.78 is 0. The van der Waals surface area contributed by atoms with E-state index in [1.807, 2.05) is 13.8 Å². The fourth-order valence-corrected chi connectivity index (χ4v) is 2.81. The van der Waals surface area contributed by atoms with E-state index in [9.17, 15) is 14.7 Å². The molecule has 0 spiro atoms. The highest BCUT2D eigenvalue weighted by Gasteiger charge is 2.41. The van der Waals surface area contributed by atoms with Gasteiger partial charge in [0.2, 0.25) is 0 Å². The van der Waals surface area contributed by atoms with Gasteiger partial charge < -0.3 is 15.3 Å². The van der Waals surface area contributed by atoms with Crippen molar-refractivity contribution < 1.29 is 14.7 Å². The van der Waals surface area contributed by atoms with Gasteiger partial charge in [0.1, 0.15) is 5.82 Å². The number of pyridine rings is 1. The van der Waals surface area contributed by atoms with E-state index >= 15 is 0 Å². The Morgan fingerprint density at radius 1 is 1.43 bits per heavy atom. The van der Waals surface area contributed by atoms with Gasteiger partial charge in [0.15, 0.2) is 0 Å². The lowest BCUT2D eigenvalue weighted by Gasteiger charge is -2.18. The van der Waals surface area contributed by atoms with Gasteiger partial charge in [0.05, 0.1) is 5.92 Å². The second-order valence-corrected chi connectivity index (χ2v) is 5.74. The Morgan fingerprint density at radius 2 is 2.14 bits per heavy atom. The molecule has 0 saturated carbocycles. The molecule has 114 valence electrons. The molecule has 0 unspecified atom stereocenters.